The lowest BCUT2D eigenvalue weighted by atomic mass is 10.0. The molecule has 3 aliphatic heterocycles. The van der Waals surface area contributed by atoms with Gasteiger partial charge in [-0.3, -0.25) is 4.90 Å². The summed E-state index contributed by atoms with van der Waals surface area (Å²) in [6.07, 6.45) is 3.45. The van der Waals surface area contributed by atoms with E-state index in [0.717, 1.165) is 43.3 Å². The maximum Gasteiger partial charge on any atom is 0.142 e. The van der Waals surface area contributed by atoms with Gasteiger partial charge in [0.05, 0.1) is 29.6 Å². The average molecular weight is 366 g/mol. The first-order valence-corrected chi connectivity index (χ1v) is 9.95. The Labute approximate surface area is 159 Å². The molecule has 0 amide bonds. The van der Waals surface area contributed by atoms with Crippen LogP contribution in [0.5, 0.6) is 0 Å². The molecule has 0 bridgehead atoms. The lowest BCUT2D eigenvalue weighted by Crippen LogP contribution is -2.52. The molecule has 0 spiro atoms. The number of nitriles is 1. The number of ether oxygens (including phenoxy) is 1. The molecule has 1 N–H and O–H groups in total. The maximum atomic E-state index is 9.32. The summed E-state index contributed by atoms with van der Waals surface area (Å²) in [7, 11) is 0. The summed E-state index contributed by atoms with van der Waals surface area (Å²) in [6.45, 7) is 8.35. The third-order valence-corrected chi connectivity index (χ3v) is 6.31. The van der Waals surface area contributed by atoms with Gasteiger partial charge in [-0.15, -0.1) is 0 Å². The van der Waals surface area contributed by atoms with Gasteiger partial charge in [-0.2, -0.15) is 10.4 Å². The van der Waals surface area contributed by atoms with Crippen molar-refractivity contribution in [1.82, 2.24) is 19.8 Å². The van der Waals surface area contributed by atoms with Crippen LogP contribution in [0.15, 0.2) is 24.4 Å². The molecule has 0 radical (unpaired) electrons. The van der Waals surface area contributed by atoms with Gasteiger partial charge in [0.1, 0.15) is 11.8 Å². The molecule has 3 aliphatic rings. The minimum atomic E-state index is 0.183. The second-order valence-corrected chi connectivity index (χ2v) is 8.09. The van der Waals surface area contributed by atoms with Crippen molar-refractivity contribution in [1.29, 1.82) is 5.26 Å². The topological polar surface area (TPSA) is 68.8 Å². The zero-order valence-electron chi connectivity index (χ0n) is 15.7. The Bertz CT molecular complexity index is 873. The molecule has 2 aromatic heterocycles. The van der Waals surface area contributed by atoms with Crippen LogP contribution in [0.25, 0.3) is 5.52 Å². The molecule has 0 aromatic carbocycles. The zero-order valence-corrected chi connectivity index (χ0v) is 15.7. The summed E-state index contributed by atoms with van der Waals surface area (Å²) < 4.78 is 8.04. The molecule has 27 heavy (non-hydrogen) atoms. The molecule has 3 saturated heterocycles. The summed E-state index contributed by atoms with van der Waals surface area (Å²) in [6, 6.07) is 8.80. The Kier molecular flexibility index (Phi) is 4.27. The van der Waals surface area contributed by atoms with Gasteiger partial charge in [0.2, 0.25) is 0 Å². The quantitative estimate of drug-likeness (QED) is 0.877. The number of anilines is 1. The molecule has 5 rings (SSSR count). The van der Waals surface area contributed by atoms with E-state index in [-0.39, 0.29) is 12.2 Å². The van der Waals surface area contributed by atoms with E-state index >= 15 is 0 Å². The van der Waals surface area contributed by atoms with Crippen molar-refractivity contribution in [3.8, 4) is 6.07 Å². The van der Waals surface area contributed by atoms with Crippen molar-refractivity contribution in [3.63, 3.8) is 0 Å². The Morgan fingerprint density at radius 1 is 1.30 bits per heavy atom. The molecule has 142 valence electrons. The van der Waals surface area contributed by atoms with Crippen LogP contribution in [0.1, 0.15) is 19.0 Å². The molecule has 0 saturated carbocycles. The van der Waals surface area contributed by atoms with E-state index in [1.807, 2.05) is 12.1 Å². The average Bonchev–Trinajstić information content (AvgIpc) is 3.38. The number of pyridine rings is 1. The Hall–Kier alpha value is -2.14. The molecule has 0 unspecified atom stereocenters. The third-order valence-electron chi connectivity index (χ3n) is 6.31. The first kappa shape index (κ1) is 17.0. The first-order chi connectivity index (χ1) is 13.2. The summed E-state index contributed by atoms with van der Waals surface area (Å²) in [5.41, 5.74) is 2.69. The van der Waals surface area contributed by atoms with Crippen molar-refractivity contribution < 1.29 is 4.74 Å². The Morgan fingerprint density at radius 2 is 2.22 bits per heavy atom. The van der Waals surface area contributed by atoms with E-state index in [0.29, 0.717) is 11.7 Å². The number of nitrogens with zero attached hydrogens (tertiary/aromatic N) is 5. The largest absolute Gasteiger partial charge is 0.370 e. The number of morpholine rings is 1. The molecule has 2 aromatic rings. The van der Waals surface area contributed by atoms with Gasteiger partial charge >= 0.3 is 0 Å². The van der Waals surface area contributed by atoms with Crippen molar-refractivity contribution in [2.45, 2.75) is 31.6 Å². The fraction of sp³-hybridized carbons (Fsp3) is 0.600. The van der Waals surface area contributed by atoms with Gasteiger partial charge in [0.25, 0.3) is 0 Å². The highest BCUT2D eigenvalue weighted by molar-refractivity contribution is 5.74. The molecular weight excluding hydrogens is 340 g/mol. The molecule has 5 heterocycles. The van der Waals surface area contributed by atoms with Crippen LogP contribution in [0, 0.1) is 17.2 Å². The van der Waals surface area contributed by atoms with Crippen LogP contribution in [0.3, 0.4) is 0 Å². The van der Waals surface area contributed by atoms with Gasteiger partial charge < -0.3 is 15.0 Å². The van der Waals surface area contributed by atoms with Crippen LogP contribution in [-0.4, -0.2) is 72.0 Å². The van der Waals surface area contributed by atoms with Crippen LogP contribution >= 0.6 is 0 Å². The lowest BCUT2D eigenvalue weighted by molar-refractivity contribution is -0.0337. The highest BCUT2D eigenvalue weighted by Gasteiger charge is 2.39. The van der Waals surface area contributed by atoms with E-state index in [4.69, 9.17) is 4.74 Å². The SMILES string of the molecule is C[C@@H]1CN(c2ccc(C#N)n3nccc23)C[C@H](CN2CC[C@@H]3CNC[C@@H]32)O1. The van der Waals surface area contributed by atoms with Crippen LogP contribution in [0.4, 0.5) is 5.69 Å². The summed E-state index contributed by atoms with van der Waals surface area (Å²) in [5, 5.41) is 17.2. The number of likely N-dealkylation sites (tertiary alicyclic amines) is 1. The monoisotopic (exact) mass is 366 g/mol. The summed E-state index contributed by atoms with van der Waals surface area (Å²) in [4.78, 5) is 5.02. The highest BCUT2D eigenvalue weighted by Crippen LogP contribution is 2.30. The Balaban J connectivity index is 1.36. The molecule has 4 atom stereocenters. The van der Waals surface area contributed by atoms with E-state index in [1.54, 1.807) is 10.7 Å². The second-order valence-electron chi connectivity index (χ2n) is 8.09. The maximum absolute atomic E-state index is 9.32. The predicted octanol–water partition coefficient (Wildman–Crippen LogP) is 1.09. The third kappa shape index (κ3) is 2.98. The van der Waals surface area contributed by atoms with Crippen molar-refractivity contribution >= 4 is 11.2 Å². The fourth-order valence-electron chi connectivity index (χ4n) is 5.12. The molecule has 3 fully saturated rings. The van der Waals surface area contributed by atoms with Crippen molar-refractivity contribution in [2.75, 3.05) is 44.2 Å². The van der Waals surface area contributed by atoms with E-state index in [1.165, 1.54) is 19.5 Å². The van der Waals surface area contributed by atoms with Crippen LogP contribution < -0.4 is 10.2 Å². The van der Waals surface area contributed by atoms with Crippen LogP contribution in [-0.2, 0) is 4.74 Å². The standard InChI is InChI=1S/C20H26N6O/c1-14-11-25(18-3-2-16(8-21)26-19(18)4-6-23-26)13-17(27-14)12-24-7-5-15-9-22-10-20(15)24/h2-4,6,14-15,17,20,22H,5,7,9-13H2,1H3/t14-,15-,17+,20+/m1/s1. The van der Waals surface area contributed by atoms with Crippen LogP contribution in [0.2, 0.25) is 0 Å². The number of aromatic nitrogens is 2. The van der Waals surface area contributed by atoms with Gasteiger partial charge in [-0.1, -0.05) is 0 Å². The molecule has 7 nitrogen and oxygen atoms in total. The lowest BCUT2D eigenvalue weighted by Gasteiger charge is -2.40. The fourth-order valence-corrected chi connectivity index (χ4v) is 5.12. The van der Waals surface area contributed by atoms with Gasteiger partial charge in [-0.05, 0) is 50.6 Å². The number of fused-ring (bicyclic) bond motifs is 2. The number of rotatable bonds is 3. The Morgan fingerprint density at radius 3 is 3.11 bits per heavy atom. The highest BCUT2D eigenvalue weighted by atomic mass is 16.5. The zero-order chi connectivity index (χ0) is 18.4. The molecule has 7 heteroatoms. The number of hydrogen-bond acceptors (Lipinski definition) is 6. The minimum Gasteiger partial charge on any atom is -0.370 e. The van der Waals surface area contributed by atoms with Gasteiger partial charge in [0, 0.05) is 32.2 Å². The predicted molar refractivity (Wildman–Crippen MR) is 103 cm³/mol. The smallest absolute Gasteiger partial charge is 0.142 e. The van der Waals surface area contributed by atoms with E-state index in [9.17, 15) is 5.26 Å². The van der Waals surface area contributed by atoms with Crippen molar-refractivity contribution in [3.05, 3.63) is 30.1 Å². The molecular formula is C20H26N6O. The minimum absolute atomic E-state index is 0.183. The van der Waals surface area contributed by atoms with E-state index in [2.05, 4.69) is 39.3 Å². The summed E-state index contributed by atoms with van der Waals surface area (Å²) in [5.74, 6) is 0.812. The normalized spacial score (nSPS) is 31.3. The number of nitrogens with one attached hydrogen (secondary N) is 1. The van der Waals surface area contributed by atoms with Crippen molar-refractivity contribution in [2.24, 2.45) is 5.92 Å². The summed E-state index contributed by atoms with van der Waals surface area (Å²) >= 11 is 0. The molecule has 0 aliphatic carbocycles. The first-order valence-electron chi connectivity index (χ1n) is 9.95. The van der Waals surface area contributed by atoms with Gasteiger partial charge in [-0.25, -0.2) is 4.52 Å². The van der Waals surface area contributed by atoms with Gasteiger partial charge in [0.15, 0.2) is 0 Å². The van der Waals surface area contributed by atoms with E-state index < -0.39 is 0 Å². The number of hydrogen-bond donors (Lipinski definition) is 1. The second kappa shape index (κ2) is 6.79.